The number of hydrogen-bond donors (Lipinski definition) is 1. The molecule has 0 saturated heterocycles. The molecule has 0 aliphatic carbocycles. The fourth-order valence-electron chi connectivity index (χ4n) is 3.57. The van der Waals surface area contributed by atoms with Crippen molar-refractivity contribution >= 4 is 16.8 Å². The van der Waals surface area contributed by atoms with E-state index in [-0.39, 0.29) is 11.9 Å². The third-order valence-corrected chi connectivity index (χ3v) is 4.67. The fraction of sp³-hybridized carbons (Fsp3) is 0.250. The summed E-state index contributed by atoms with van der Waals surface area (Å²) in [5.74, 6) is 0.124. The molecular formula is C20H20N2O. The van der Waals surface area contributed by atoms with E-state index in [9.17, 15) is 4.79 Å². The summed E-state index contributed by atoms with van der Waals surface area (Å²) in [5, 5.41) is 1.16. The Bertz CT molecular complexity index is 850. The molecule has 1 aliphatic heterocycles. The van der Waals surface area contributed by atoms with Gasteiger partial charge in [-0.25, -0.2) is 0 Å². The average molecular weight is 304 g/mol. The Kier molecular flexibility index (Phi) is 3.41. The molecule has 0 fully saturated rings. The van der Waals surface area contributed by atoms with Gasteiger partial charge < -0.3 is 9.88 Å². The van der Waals surface area contributed by atoms with Gasteiger partial charge in [0.05, 0.1) is 6.04 Å². The standard InChI is InChI=1S/C20H20N2O/c1-2-3-13-22-19(14-9-5-4-6-10-14)17-15-11-7-8-12-16(15)21-18(17)20(22)23/h4-12,19,21H,2-3,13H2,1H3. The molecule has 23 heavy (non-hydrogen) atoms. The van der Waals surface area contributed by atoms with Gasteiger partial charge in [-0.15, -0.1) is 0 Å². The van der Waals surface area contributed by atoms with Gasteiger partial charge >= 0.3 is 0 Å². The first-order valence-corrected chi connectivity index (χ1v) is 8.27. The molecule has 3 nitrogen and oxygen atoms in total. The van der Waals surface area contributed by atoms with Crippen LogP contribution in [0.5, 0.6) is 0 Å². The van der Waals surface area contributed by atoms with Crippen LogP contribution in [0.4, 0.5) is 0 Å². The summed E-state index contributed by atoms with van der Waals surface area (Å²) in [6, 6.07) is 18.6. The second kappa shape index (κ2) is 5.58. The van der Waals surface area contributed by atoms with Crippen LogP contribution in [0.1, 0.15) is 47.4 Å². The minimum absolute atomic E-state index is 0.0152. The molecule has 0 radical (unpaired) electrons. The summed E-state index contributed by atoms with van der Waals surface area (Å²) in [5.41, 5.74) is 4.12. The number of hydrogen-bond acceptors (Lipinski definition) is 1. The molecule has 0 bridgehead atoms. The Hall–Kier alpha value is -2.55. The molecule has 1 aliphatic rings. The molecule has 1 unspecified atom stereocenters. The van der Waals surface area contributed by atoms with Gasteiger partial charge in [0.1, 0.15) is 5.69 Å². The maximum Gasteiger partial charge on any atom is 0.271 e. The first-order valence-electron chi connectivity index (χ1n) is 8.27. The van der Waals surface area contributed by atoms with Gasteiger partial charge in [0.15, 0.2) is 0 Å². The van der Waals surface area contributed by atoms with E-state index in [1.807, 2.05) is 41.3 Å². The Morgan fingerprint density at radius 3 is 2.57 bits per heavy atom. The van der Waals surface area contributed by atoms with Crippen LogP contribution in [-0.2, 0) is 0 Å². The highest BCUT2D eigenvalue weighted by Crippen LogP contribution is 2.42. The topological polar surface area (TPSA) is 36.1 Å². The van der Waals surface area contributed by atoms with Gasteiger partial charge in [-0.1, -0.05) is 61.9 Å². The smallest absolute Gasteiger partial charge is 0.271 e. The van der Waals surface area contributed by atoms with Crippen molar-refractivity contribution < 1.29 is 4.79 Å². The van der Waals surface area contributed by atoms with Crippen molar-refractivity contribution in [1.82, 2.24) is 9.88 Å². The molecule has 0 spiro atoms. The highest BCUT2D eigenvalue weighted by molar-refractivity contribution is 6.05. The molecule has 2 aromatic carbocycles. The maximum atomic E-state index is 13.0. The number of nitrogens with zero attached hydrogens (tertiary/aromatic N) is 1. The molecule has 1 atom stereocenters. The molecule has 116 valence electrons. The number of unbranched alkanes of at least 4 members (excludes halogenated alkanes) is 1. The van der Waals surface area contributed by atoms with E-state index in [2.05, 4.69) is 30.1 Å². The number of fused-ring (bicyclic) bond motifs is 3. The molecule has 1 amide bonds. The molecule has 1 N–H and O–H groups in total. The van der Waals surface area contributed by atoms with Gasteiger partial charge in [-0.3, -0.25) is 4.79 Å². The van der Waals surface area contributed by atoms with Crippen LogP contribution in [0.2, 0.25) is 0 Å². The number of amides is 1. The van der Waals surface area contributed by atoms with Crippen LogP contribution in [-0.4, -0.2) is 22.3 Å². The number of rotatable bonds is 4. The van der Waals surface area contributed by atoms with E-state index in [0.717, 1.165) is 41.5 Å². The van der Waals surface area contributed by atoms with E-state index < -0.39 is 0 Å². The monoisotopic (exact) mass is 304 g/mol. The average Bonchev–Trinajstić information content (AvgIpc) is 3.09. The van der Waals surface area contributed by atoms with Crippen LogP contribution < -0.4 is 0 Å². The van der Waals surface area contributed by atoms with Crippen LogP contribution in [0.3, 0.4) is 0 Å². The summed E-state index contributed by atoms with van der Waals surface area (Å²) in [6.45, 7) is 2.96. The number of benzene rings is 2. The summed E-state index contributed by atoms with van der Waals surface area (Å²) < 4.78 is 0. The Balaban J connectivity index is 1.90. The summed E-state index contributed by atoms with van der Waals surface area (Å²) in [6.07, 6.45) is 2.11. The summed E-state index contributed by atoms with van der Waals surface area (Å²) >= 11 is 0. The molecule has 3 heteroatoms. The largest absolute Gasteiger partial charge is 0.350 e. The first kappa shape index (κ1) is 14.1. The number of para-hydroxylation sites is 1. The van der Waals surface area contributed by atoms with Crippen molar-refractivity contribution in [3.63, 3.8) is 0 Å². The summed E-state index contributed by atoms with van der Waals surface area (Å²) in [7, 11) is 0. The molecule has 0 saturated carbocycles. The van der Waals surface area contributed by atoms with Gasteiger partial charge in [-0.2, -0.15) is 0 Å². The van der Waals surface area contributed by atoms with Crippen LogP contribution in [0, 0.1) is 0 Å². The quantitative estimate of drug-likeness (QED) is 0.756. The Morgan fingerprint density at radius 2 is 1.78 bits per heavy atom. The number of carbonyl (C=O) groups excluding carboxylic acids is 1. The first-order chi connectivity index (χ1) is 11.3. The second-order valence-corrected chi connectivity index (χ2v) is 6.12. The predicted octanol–water partition coefficient (Wildman–Crippen LogP) is 4.51. The van der Waals surface area contributed by atoms with E-state index in [0.29, 0.717) is 0 Å². The van der Waals surface area contributed by atoms with Gasteiger partial charge in [0.25, 0.3) is 5.91 Å². The van der Waals surface area contributed by atoms with Crippen LogP contribution in [0.25, 0.3) is 10.9 Å². The van der Waals surface area contributed by atoms with Crippen molar-refractivity contribution in [2.75, 3.05) is 6.54 Å². The Labute approximate surface area is 135 Å². The zero-order valence-corrected chi connectivity index (χ0v) is 13.3. The lowest BCUT2D eigenvalue weighted by molar-refractivity contribution is 0.0743. The SMILES string of the molecule is CCCCN1C(=O)c2[nH]c3ccccc3c2C1c1ccccc1. The normalized spacial score (nSPS) is 17.0. The van der Waals surface area contributed by atoms with Gasteiger partial charge in [0, 0.05) is 23.0 Å². The lowest BCUT2D eigenvalue weighted by Gasteiger charge is -2.26. The number of nitrogens with one attached hydrogen (secondary N) is 1. The van der Waals surface area contributed by atoms with Crippen LogP contribution >= 0.6 is 0 Å². The molecular weight excluding hydrogens is 284 g/mol. The highest BCUT2D eigenvalue weighted by Gasteiger charge is 2.40. The molecule has 2 heterocycles. The zero-order chi connectivity index (χ0) is 15.8. The highest BCUT2D eigenvalue weighted by atomic mass is 16.2. The minimum atomic E-state index is 0.0152. The predicted molar refractivity (Wildman–Crippen MR) is 92.5 cm³/mol. The number of H-pyrrole nitrogens is 1. The van der Waals surface area contributed by atoms with Gasteiger partial charge in [0.2, 0.25) is 0 Å². The zero-order valence-electron chi connectivity index (χ0n) is 13.3. The number of carbonyl (C=O) groups is 1. The van der Waals surface area contributed by atoms with Crippen molar-refractivity contribution in [2.24, 2.45) is 0 Å². The lowest BCUT2D eigenvalue weighted by Crippen LogP contribution is -2.30. The molecule has 4 rings (SSSR count). The summed E-state index contributed by atoms with van der Waals surface area (Å²) in [4.78, 5) is 18.3. The van der Waals surface area contributed by atoms with Gasteiger partial charge in [-0.05, 0) is 18.1 Å². The second-order valence-electron chi connectivity index (χ2n) is 6.12. The van der Waals surface area contributed by atoms with Crippen molar-refractivity contribution in [3.05, 3.63) is 71.4 Å². The van der Waals surface area contributed by atoms with Crippen molar-refractivity contribution in [1.29, 1.82) is 0 Å². The fourth-order valence-corrected chi connectivity index (χ4v) is 3.57. The van der Waals surface area contributed by atoms with E-state index in [1.165, 1.54) is 5.56 Å². The molecule has 3 aromatic rings. The van der Waals surface area contributed by atoms with Crippen LogP contribution in [0.15, 0.2) is 54.6 Å². The van der Waals surface area contributed by atoms with E-state index in [1.54, 1.807) is 0 Å². The third-order valence-electron chi connectivity index (χ3n) is 4.67. The van der Waals surface area contributed by atoms with Crippen molar-refractivity contribution in [3.8, 4) is 0 Å². The maximum absolute atomic E-state index is 13.0. The van der Waals surface area contributed by atoms with E-state index >= 15 is 0 Å². The third kappa shape index (κ3) is 2.15. The number of aromatic nitrogens is 1. The molecule has 1 aromatic heterocycles. The Morgan fingerprint density at radius 1 is 1.04 bits per heavy atom. The van der Waals surface area contributed by atoms with Crippen molar-refractivity contribution in [2.45, 2.75) is 25.8 Å². The van der Waals surface area contributed by atoms with E-state index in [4.69, 9.17) is 0 Å². The lowest BCUT2D eigenvalue weighted by atomic mass is 9.98. The number of aromatic amines is 1. The minimum Gasteiger partial charge on any atom is -0.350 e.